The van der Waals surface area contributed by atoms with Gasteiger partial charge in [0, 0.05) is 25.2 Å². The van der Waals surface area contributed by atoms with Crippen LogP contribution in [0.3, 0.4) is 0 Å². The minimum absolute atomic E-state index is 0.672. The lowest BCUT2D eigenvalue weighted by Crippen LogP contribution is -2.24. The monoisotopic (exact) mass is 216 g/mol. The zero-order valence-electron chi connectivity index (χ0n) is 10.2. The zero-order valence-corrected chi connectivity index (χ0v) is 10.2. The second-order valence-electron chi connectivity index (χ2n) is 3.98. The number of para-hydroxylation sites is 1. The fourth-order valence-electron chi connectivity index (χ4n) is 1.87. The highest BCUT2D eigenvalue weighted by atomic mass is 15.1. The average molecular weight is 216 g/mol. The standard InChI is InChI=1S/C14H20N2/c1-3-16(12-8-4-7-11-15)14-10-6-5-9-13(14)2/h5-6,9-10H,3-4,7-8,12H2,1-2H3. The van der Waals surface area contributed by atoms with Crippen molar-refractivity contribution in [2.45, 2.75) is 33.1 Å². The van der Waals surface area contributed by atoms with Crippen LogP contribution in [0.1, 0.15) is 31.7 Å². The largest absolute Gasteiger partial charge is 0.372 e. The summed E-state index contributed by atoms with van der Waals surface area (Å²) < 4.78 is 0. The van der Waals surface area contributed by atoms with Gasteiger partial charge < -0.3 is 4.90 Å². The lowest BCUT2D eigenvalue weighted by atomic mass is 10.1. The number of hydrogen-bond acceptors (Lipinski definition) is 2. The molecule has 0 aromatic heterocycles. The Bertz CT molecular complexity index is 352. The van der Waals surface area contributed by atoms with E-state index in [1.165, 1.54) is 11.3 Å². The number of nitrogens with zero attached hydrogens (tertiary/aromatic N) is 2. The Labute approximate surface area is 98.5 Å². The fraction of sp³-hybridized carbons (Fsp3) is 0.500. The summed E-state index contributed by atoms with van der Waals surface area (Å²) >= 11 is 0. The summed E-state index contributed by atoms with van der Waals surface area (Å²) in [5.74, 6) is 0. The molecule has 2 nitrogen and oxygen atoms in total. The number of hydrogen-bond donors (Lipinski definition) is 0. The quantitative estimate of drug-likeness (QED) is 0.680. The van der Waals surface area contributed by atoms with Crippen molar-refractivity contribution in [1.29, 1.82) is 5.26 Å². The molecule has 0 heterocycles. The van der Waals surface area contributed by atoms with Crippen LogP contribution < -0.4 is 4.90 Å². The number of aryl methyl sites for hydroxylation is 1. The van der Waals surface area contributed by atoms with Crippen molar-refractivity contribution in [3.05, 3.63) is 29.8 Å². The third-order valence-corrected chi connectivity index (χ3v) is 2.80. The minimum atomic E-state index is 0.672. The topological polar surface area (TPSA) is 27.0 Å². The highest BCUT2D eigenvalue weighted by Crippen LogP contribution is 2.19. The first-order chi connectivity index (χ1) is 7.79. The van der Waals surface area contributed by atoms with Crippen LogP contribution in [0.4, 0.5) is 5.69 Å². The van der Waals surface area contributed by atoms with Crippen LogP contribution >= 0.6 is 0 Å². The van der Waals surface area contributed by atoms with Gasteiger partial charge in [0.05, 0.1) is 6.07 Å². The van der Waals surface area contributed by atoms with E-state index in [0.717, 1.165) is 25.9 Å². The van der Waals surface area contributed by atoms with Crippen molar-refractivity contribution >= 4 is 5.69 Å². The molecule has 86 valence electrons. The minimum Gasteiger partial charge on any atom is -0.372 e. The number of benzene rings is 1. The van der Waals surface area contributed by atoms with Gasteiger partial charge in [-0.3, -0.25) is 0 Å². The summed E-state index contributed by atoms with van der Waals surface area (Å²) in [5.41, 5.74) is 2.64. The Balaban J connectivity index is 2.55. The van der Waals surface area contributed by atoms with Gasteiger partial charge >= 0.3 is 0 Å². The van der Waals surface area contributed by atoms with Gasteiger partial charge in [0.1, 0.15) is 0 Å². The van der Waals surface area contributed by atoms with E-state index >= 15 is 0 Å². The molecule has 0 fully saturated rings. The molecule has 0 amide bonds. The van der Waals surface area contributed by atoms with E-state index in [1.807, 2.05) is 0 Å². The maximum absolute atomic E-state index is 8.49. The molecule has 0 aliphatic rings. The molecule has 0 aliphatic carbocycles. The molecule has 2 heteroatoms. The zero-order chi connectivity index (χ0) is 11.8. The molecule has 0 unspecified atom stereocenters. The summed E-state index contributed by atoms with van der Waals surface area (Å²) in [6.07, 6.45) is 2.76. The molecule has 0 N–H and O–H groups in total. The van der Waals surface area contributed by atoms with Gasteiger partial charge in [0.25, 0.3) is 0 Å². The first kappa shape index (κ1) is 12.6. The molecule has 0 bridgehead atoms. The molecule has 0 saturated heterocycles. The van der Waals surface area contributed by atoms with Crippen LogP contribution in [0.25, 0.3) is 0 Å². The van der Waals surface area contributed by atoms with Crippen molar-refractivity contribution in [2.75, 3.05) is 18.0 Å². The molecule has 0 radical (unpaired) electrons. The Hall–Kier alpha value is -1.49. The Kier molecular flexibility index (Phi) is 5.42. The van der Waals surface area contributed by atoms with E-state index in [9.17, 15) is 0 Å². The predicted molar refractivity (Wildman–Crippen MR) is 68.5 cm³/mol. The van der Waals surface area contributed by atoms with E-state index in [-0.39, 0.29) is 0 Å². The normalized spacial score (nSPS) is 9.81. The first-order valence-electron chi connectivity index (χ1n) is 5.97. The molecular weight excluding hydrogens is 196 g/mol. The molecule has 1 rings (SSSR count). The van der Waals surface area contributed by atoms with Gasteiger partial charge in [-0.2, -0.15) is 5.26 Å². The lowest BCUT2D eigenvalue weighted by molar-refractivity contribution is 0.706. The molecular formula is C14H20N2. The summed E-state index contributed by atoms with van der Waals surface area (Å²) in [7, 11) is 0. The summed E-state index contributed by atoms with van der Waals surface area (Å²) in [6, 6.07) is 10.7. The van der Waals surface area contributed by atoms with Gasteiger partial charge in [-0.15, -0.1) is 0 Å². The number of unbranched alkanes of at least 4 members (excludes halogenated alkanes) is 2. The van der Waals surface area contributed by atoms with Crippen LogP contribution in [0, 0.1) is 18.3 Å². The highest BCUT2D eigenvalue weighted by molar-refractivity contribution is 5.52. The SMILES string of the molecule is CCN(CCCCC#N)c1ccccc1C. The maximum atomic E-state index is 8.49. The molecule has 0 aliphatic heterocycles. The second-order valence-corrected chi connectivity index (χ2v) is 3.98. The van der Waals surface area contributed by atoms with Crippen molar-refractivity contribution in [3.8, 4) is 6.07 Å². The molecule has 1 aromatic carbocycles. The van der Waals surface area contributed by atoms with Crippen molar-refractivity contribution in [3.63, 3.8) is 0 Å². The van der Waals surface area contributed by atoms with Crippen LogP contribution in [0.2, 0.25) is 0 Å². The van der Waals surface area contributed by atoms with Crippen molar-refractivity contribution in [2.24, 2.45) is 0 Å². The van der Waals surface area contributed by atoms with E-state index in [2.05, 4.69) is 49.1 Å². The third-order valence-electron chi connectivity index (χ3n) is 2.80. The third kappa shape index (κ3) is 3.58. The predicted octanol–water partition coefficient (Wildman–Crippen LogP) is 3.52. The van der Waals surface area contributed by atoms with Crippen LogP contribution in [0.15, 0.2) is 24.3 Å². The Morgan fingerprint density at radius 1 is 1.25 bits per heavy atom. The molecule has 0 atom stereocenters. The highest BCUT2D eigenvalue weighted by Gasteiger charge is 2.05. The number of rotatable bonds is 6. The van der Waals surface area contributed by atoms with Crippen molar-refractivity contribution < 1.29 is 0 Å². The lowest BCUT2D eigenvalue weighted by Gasteiger charge is -2.24. The first-order valence-corrected chi connectivity index (χ1v) is 5.97. The smallest absolute Gasteiger partial charge is 0.0621 e. The Morgan fingerprint density at radius 3 is 2.62 bits per heavy atom. The number of nitriles is 1. The van der Waals surface area contributed by atoms with Gasteiger partial charge in [0.2, 0.25) is 0 Å². The molecule has 0 saturated carbocycles. The second kappa shape index (κ2) is 6.90. The van der Waals surface area contributed by atoms with E-state index < -0.39 is 0 Å². The van der Waals surface area contributed by atoms with Crippen LogP contribution in [0.5, 0.6) is 0 Å². The van der Waals surface area contributed by atoms with E-state index in [1.54, 1.807) is 0 Å². The average Bonchev–Trinajstić information content (AvgIpc) is 2.31. The van der Waals surface area contributed by atoms with Crippen molar-refractivity contribution in [1.82, 2.24) is 0 Å². The Morgan fingerprint density at radius 2 is 2.00 bits per heavy atom. The summed E-state index contributed by atoms with van der Waals surface area (Å²) in [5, 5.41) is 8.49. The maximum Gasteiger partial charge on any atom is 0.0621 e. The van der Waals surface area contributed by atoms with Gasteiger partial charge in [-0.1, -0.05) is 18.2 Å². The van der Waals surface area contributed by atoms with E-state index in [0.29, 0.717) is 6.42 Å². The van der Waals surface area contributed by atoms with Gasteiger partial charge in [-0.25, -0.2) is 0 Å². The molecule has 0 spiro atoms. The fourth-order valence-corrected chi connectivity index (χ4v) is 1.87. The molecule has 1 aromatic rings. The van der Waals surface area contributed by atoms with Crippen LogP contribution in [-0.2, 0) is 0 Å². The summed E-state index contributed by atoms with van der Waals surface area (Å²) in [4.78, 5) is 2.38. The molecule has 16 heavy (non-hydrogen) atoms. The van der Waals surface area contributed by atoms with Crippen LogP contribution in [-0.4, -0.2) is 13.1 Å². The summed E-state index contributed by atoms with van der Waals surface area (Å²) in [6.45, 7) is 6.39. The van der Waals surface area contributed by atoms with E-state index in [4.69, 9.17) is 5.26 Å². The number of anilines is 1. The van der Waals surface area contributed by atoms with Gasteiger partial charge in [0.15, 0.2) is 0 Å². The van der Waals surface area contributed by atoms with Gasteiger partial charge in [-0.05, 0) is 38.3 Å².